The number of ether oxygens (including phenoxy) is 1. The van der Waals surface area contributed by atoms with Crippen molar-refractivity contribution in [1.29, 1.82) is 0 Å². The summed E-state index contributed by atoms with van der Waals surface area (Å²) in [5.41, 5.74) is 2.73. The topological polar surface area (TPSA) is 35.9 Å². The highest BCUT2D eigenvalue weighted by atomic mass is 16.5. The number of likely N-dealkylation sites (tertiary alicyclic amines) is 1. The smallest absolute Gasteiger partial charge is 0.0900 e. The highest BCUT2D eigenvalue weighted by Gasteiger charge is 2.24. The Balaban J connectivity index is 1.45. The van der Waals surface area contributed by atoms with E-state index < -0.39 is 6.10 Å². The molecule has 0 unspecified atom stereocenters. The molecule has 1 N–H and O–H groups in total. The van der Waals surface area contributed by atoms with Gasteiger partial charge in [0.15, 0.2) is 0 Å². The summed E-state index contributed by atoms with van der Waals surface area (Å²) in [6.07, 6.45) is 5.51. The van der Waals surface area contributed by atoms with Crippen molar-refractivity contribution in [2.45, 2.75) is 50.4 Å². The van der Waals surface area contributed by atoms with Gasteiger partial charge in [0.25, 0.3) is 0 Å². The maximum atomic E-state index is 10.4. The molecule has 1 aromatic rings. The SMILES string of the molecule is CN1CCC(N(C)C[C@@H](O)CO[C@H]2CCCc3ccccc32)CC1. The van der Waals surface area contributed by atoms with Gasteiger partial charge in [-0.1, -0.05) is 24.3 Å². The number of piperidine rings is 1. The van der Waals surface area contributed by atoms with Crippen molar-refractivity contribution in [2.75, 3.05) is 40.3 Å². The highest BCUT2D eigenvalue weighted by molar-refractivity contribution is 5.31. The van der Waals surface area contributed by atoms with Crippen molar-refractivity contribution in [3.63, 3.8) is 0 Å². The number of fused-ring (bicyclic) bond motifs is 1. The van der Waals surface area contributed by atoms with Gasteiger partial charge in [-0.2, -0.15) is 0 Å². The van der Waals surface area contributed by atoms with Gasteiger partial charge in [-0.25, -0.2) is 0 Å². The summed E-state index contributed by atoms with van der Waals surface area (Å²) < 4.78 is 6.09. The van der Waals surface area contributed by atoms with Crippen molar-refractivity contribution in [1.82, 2.24) is 9.80 Å². The molecule has 2 aliphatic rings. The average molecular weight is 332 g/mol. The summed E-state index contributed by atoms with van der Waals surface area (Å²) in [4.78, 5) is 4.69. The third kappa shape index (κ3) is 4.57. The highest BCUT2D eigenvalue weighted by Crippen LogP contribution is 2.32. The number of rotatable bonds is 6. The van der Waals surface area contributed by atoms with Crippen LogP contribution in [0.4, 0.5) is 0 Å². The maximum Gasteiger partial charge on any atom is 0.0900 e. The quantitative estimate of drug-likeness (QED) is 0.868. The van der Waals surface area contributed by atoms with Crippen LogP contribution in [0.3, 0.4) is 0 Å². The molecule has 0 amide bonds. The van der Waals surface area contributed by atoms with Gasteiger partial charge in [0.05, 0.1) is 18.8 Å². The normalized spacial score (nSPS) is 24.1. The van der Waals surface area contributed by atoms with Gasteiger partial charge in [-0.3, -0.25) is 0 Å². The van der Waals surface area contributed by atoms with Crippen LogP contribution in [0.2, 0.25) is 0 Å². The van der Waals surface area contributed by atoms with Crippen LogP contribution in [-0.4, -0.2) is 67.4 Å². The van der Waals surface area contributed by atoms with Crippen molar-refractivity contribution in [3.8, 4) is 0 Å². The summed E-state index contributed by atoms with van der Waals surface area (Å²) in [5, 5.41) is 10.4. The fraction of sp³-hybridized carbons (Fsp3) is 0.700. The zero-order valence-corrected chi connectivity index (χ0v) is 15.2. The number of aryl methyl sites for hydroxylation is 1. The van der Waals surface area contributed by atoms with E-state index in [0.29, 0.717) is 19.2 Å². The number of hydrogen-bond acceptors (Lipinski definition) is 4. The molecular weight excluding hydrogens is 300 g/mol. The second-order valence-electron chi connectivity index (χ2n) is 7.54. The number of aliphatic hydroxyl groups is 1. The molecule has 4 heteroatoms. The van der Waals surface area contributed by atoms with E-state index in [1.807, 2.05) is 0 Å². The molecule has 1 aliphatic carbocycles. The second-order valence-corrected chi connectivity index (χ2v) is 7.54. The predicted molar refractivity (Wildman–Crippen MR) is 97.2 cm³/mol. The number of aliphatic hydroxyl groups excluding tert-OH is 1. The van der Waals surface area contributed by atoms with Crippen LogP contribution < -0.4 is 0 Å². The summed E-state index contributed by atoms with van der Waals surface area (Å²) >= 11 is 0. The number of nitrogens with zero attached hydrogens (tertiary/aromatic N) is 2. The van der Waals surface area contributed by atoms with Gasteiger partial charge in [-0.05, 0) is 70.4 Å². The number of benzene rings is 1. The Kier molecular flexibility index (Phi) is 6.28. The van der Waals surface area contributed by atoms with Crippen LogP contribution in [0.5, 0.6) is 0 Å². The van der Waals surface area contributed by atoms with Gasteiger partial charge in [-0.15, -0.1) is 0 Å². The minimum atomic E-state index is -0.413. The van der Waals surface area contributed by atoms with Gasteiger partial charge in [0, 0.05) is 12.6 Å². The monoisotopic (exact) mass is 332 g/mol. The lowest BCUT2D eigenvalue weighted by Gasteiger charge is -2.36. The molecule has 1 heterocycles. The molecule has 1 aliphatic heterocycles. The molecule has 134 valence electrons. The lowest BCUT2D eigenvalue weighted by molar-refractivity contribution is -0.0316. The van der Waals surface area contributed by atoms with E-state index in [0.717, 1.165) is 25.9 Å². The fourth-order valence-corrected chi connectivity index (χ4v) is 4.08. The zero-order chi connectivity index (χ0) is 16.9. The first-order valence-corrected chi connectivity index (χ1v) is 9.39. The van der Waals surface area contributed by atoms with Crippen molar-refractivity contribution >= 4 is 0 Å². The van der Waals surface area contributed by atoms with E-state index >= 15 is 0 Å². The molecule has 4 nitrogen and oxygen atoms in total. The molecule has 0 spiro atoms. The minimum Gasteiger partial charge on any atom is -0.389 e. The van der Waals surface area contributed by atoms with Crippen molar-refractivity contribution in [2.24, 2.45) is 0 Å². The molecule has 3 rings (SSSR count). The third-order valence-corrected chi connectivity index (χ3v) is 5.61. The average Bonchev–Trinajstić information content (AvgIpc) is 2.60. The molecule has 2 atom stereocenters. The molecule has 0 bridgehead atoms. The van der Waals surface area contributed by atoms with E-state index in [-0.39, 0.29) is 6.10 Å². The molecule has 24 heavy (non-hydrogen) atoms. The third-order valence-electron chi connectivity index (χ3n) is 5.61. The maximum absolute atomic E-state index is 10.4. The Morgan fingerprint density at radius 1 is 1.25 bits per heavy atom. The van der Waals surface area contributed by atoms with E-state index in [1.165, 1.54) is 30.4 Å². The fourth-order valence-electron chi connectivity index (χ4n) is 4.08. The van der Waals surface area contributed by atoms with Crippen LogP contribution in [-0.2, 0) is 11.2 Å². The summed E-state index contributed by atoms with van der Waals surface area (Å²) in [6.45, 7) is 3.43. The molecule has 0 radical (unpaired) electrons. The first kappa shape index (κ1) is 17.9. The van der Waals surface area contributed by atoms with Crippen molar-refractivity contribution in [3.05, 3.63) is 35.4 Å². The minimum absolute atomic E-state index is 0.151. The molecule has 0 aromatic heterocycles. The Morgan fingerprint density at radius 3 is 2.79 bits per heavy atom. The molecule has 1 saturated heterocycles. The van der Waals surface area contributed by atoms with E-state index in [9.17, 15) is 5.11 Å². The Hall–Kier alpha value is -0.940. The van der Waals surface area contributed by atoms with E-state index in [2.05, 4.69) is 48.2 Å². The van der Waals surface area contributed by atoms with Gasteiger partial charge in [0.1, 0.15) is 0 Å². The van der Waals surface area contributed by atoms with Crippen LogP contribution in [0, 0.1) is 0 Å². The van der Waals surface area contributed by atoms with Crippen LogP contribution in [0.15, 0.2) is 24.3 Å². The van der Waals surface area contributed by atoms with Crippen LogP contribution in [0.25, 0.3) is 0 Å². The summed E-state index contributed by atoms with van der Waals surface area (Å²) in [7, 11) is 4.32. The number of likely N-dealkylation sites (N-methyl/N-ethyl adjacent to an activating group) is 1. The van der Waals surface area contributed by atoms with E-state index in [4.69, 9.17) is 4.74 Å². The lowest BCUT2D eigenvalue weighted by Crippen LogP contribution is -2.45. The molecule has 1 fully saturated rings. The Morgan fingerprint density at radius 2 is 2.00 bits per heavy atom. The first-order valence-electron chi connectivity index (χ1n) is 9.39. The molecular formula is C20H32N2O2. The molecule has 0 saturated carbocycles. The van der Waals surface area contributed by atoms with Crippen molar-refractivity contribution < 1.29 is 9.84 Å². The number of hydrogen-bond donors (Lipinski definition) is 1. The Bertz CT molecular complexity index is 514. The summed E-state index contributed by atoms with van der Waals surface area (Å²) in [6, 6.07) is 9.16. The van der Waals surface area contributed by atoms with Gasteiger partial charge < -0.3 is 19.6 Å². The molecule has 1 aromatic carbocycles. The predicted octanol–water partition coefficient (Wildman–Crippen LogP) is 2.47. The standard InChI is InChI=1S/C20H32N2O2/c1-21-12-10-17(11-13-21)22(2)14-18(23)15-24-20-9-5-7-16-6-3-4-8-19(16)20/h3-4,6,8,17-18,20,23H,5,7,9-15H2,1-2H3/t18-,20+/m1/s1. The second kappa shape index (κ2) is 8.43. The zero-order valence-electron chi connectivity index (χ0n) is 15.2. The Labute approximate surface area is 146 Å². The lowest BCUT2D eigenvalue weighted by atomic mass is 9.89. The van der Waals surface area contributed by atoms with Gasteiger partial charge >= 0.3 is 0 Å². The van der Waals surface area contributed by atoms with Crippen LogP contribution >= 0.6 is 0 Å². The summed E-state index contributed by atoms with van der Waals surface area (Å²) in [5.74, 6) is 0. The first-order chi connectivity index (χ1) is 11.6. The van der Waals surface area contributed by atoms with Gasteiger partial charge in [0.2, 0.25) is 0 Å². The largest absolute Gasteiger partial charge is 0.389 e. The van der Waals surface area contributed by atoms with Crippen LogP contribution in [0.1, 0.15) is 42.9 Å². The van der Waals surface area contributed by atoms with E-state index in [1.54, 1.807) is 0 Å².